The number of aromatic nitrogens is 1. The molecule has 18 heavy (non-hydrogen) atoms. The highest BCUT2D eigenvalue weighted by Crippen LogP contribution is 2.26. The van der Waals surface area contributed by atoms with Crippen molar-refractivity contribution in [1.29, 1.82) is 0 Å². The van der Waals surface area contributed by atoms with Crippen molar-refractivity contribution in [3.63, 3.8) is 0 Å². The summed E-state index contributed by atoms with van der Waals surface area (Å²) in [6.45, 7) is 0.833. The van der Waals surface area contributed by atoms with Gasteiger partial charge in [0.05, 0.1) is 18.1 Å². The number of anilines is 2. The fourth-order valence-corrected chi connectivity index (χ4v) is 1.48. The largest absolute Gasteiger partial charge is 0.395 e. The summed E-state index contributed by atoms with van der Waals surface area (Å²) in [5.41, 5.74) is 5.39. The molecule has 1 aromatic rings. The Morgan fingerprint density at radius 1 is 1.56 bits per heavy atom. The first kappa shape index (κ1) is 14.1. The summed E-state index contributed by atoms with van der Waals surface area (Å²) < 4.78 is 4.92. The molecular weight excluding hydrogens is 240 g/mol. The van der Waals surface area contributed by atoms with E-state index in [0.717, 1.165) is 0 Å². The third kappa shape index (κ3) is 3.54. The molecule has 0 atom stereocenters. The minimum atomic E-state index is -0.529. The van der Waals surface area contributed by atoms with Crippen molar-refractivity contribution in [3.05, 3.63) is 22.2 Å². The quantitative estimate of drug-likeness (QED) is 0.521. The molecule has 0 aliphatic rings. The van der Waals surface area contributed by atoms with Crippen molar-refractivity contribution in [3.8, 4) is 0 Å². The van der Waals surface area contributed by atoms with Crippen molar-refractivity contribution in [2.75, 3.05) is 44.0 Å². The Morgan fingerprint density at radius 3 is 2.83 bits per heavy atom. The van der Waals surface area contributed by atoms with Crippen LogP contribution in [0.1, 0.15) is 0 Å². The van der Waals surface area contributed by atoms with Crippen LogP contribution in [-0.4, -0.2) is 48.4 Å². The number of aliphatic hydroxyl groups is 1. The van der Waals surface area contributed by atoms with E-state index < -0.39 is 4.92 Å². The fraction of sp³-hybridized carbons (Fsp3) is 0.500. The number of nitrogen functional groups attached to an aromatic ring is 1. The minimum absolute atomic E-state index is 0.142. The Balaban J connectivity index is 3.07. The molecule has 1 rings (SSSR count). The number of methoxy groups -OCH3 is 1. The summed E-state index contributed by atoms with van der Waals surface area (Å²) in [6.07, 6.45) is 0. The first-order valence-electron chi connectivity index (χ1n) is 5.35. The number of nitro groups is 1. The van der Waals surface area contributed by atoms with Gasteiger partial charge in [-0.3, -0.25) is 10.1 Å². The normalized spacial score (nSPS) is 10.3. The molecule has 0 aliphatic carbocycles. The van der Waals surface area contributed by atoms with Crippen molar-refractivity contribution >= 4 is 17.3 Å². The van der Waals surface area contributed by atoms with Gasteiger partial charge in [-0.15, -0.1) is 0 Å². The Morgan fingerprint density at radius 2 is 2.28 bits per heavy atom. The van der Waals surface area contributed by atoms with Gasteiger partial charge in [-0.1, -0.05) is 0 Å². The number of hydrogen-bond acceptors (Lipinski definition) is 7. The third-order valence-electron chi connectivity index (χ3n) is 2.31. The van der Waals surface area contributed by atoms with Crippen LogP contribution in [-0.2, 0) is 4.74 Å². The average molecular weight is 256 g/mol. The molecule has 8 nitrogen and oxygen atoms in total. The van der Waals surface area contributed by atoms with Crippen LogP contribution in [0.5, 0.6) is 0 Å². The highest BCUT2D eigenvalue weighted by molar-refractivity contribution is 5.61. The van der Waals surface area contributed by atoms with E-state index in [1.807, 2.05) is 0 Å². The van der Waals surface area contributed by atoms with E-state index in [0.29, 0.717) is 13.2 Å². The maximum atomic E-state index is 10.9. The van der Waals surface area contributed by atoms with Crippen LogP contribution in [0.4, 0.5) is 17.3 Å². The van der Waals surface area contributed by atoms with Crippen molar-refractivity contribution < 1.29 is 14.8 Å². The number of pyridine rings is 1. The third-order valence-corrected chi connectivity index (χ3v) is 2.31. The maximum absolute atomic E-state index is 10.9. The molecular formula is C10H16N4O4. The number of aliphatic hydroxyl groups excluding tert-OH is 1. The lowest BCUT2D eigenvalue weighted by atomic mass is 10.3. The highest BCUT2D eigenvalue weighted by Gasteiger charge is 2.21. The Hall–Kier alpha value is -1.93. The number of rotatable bonds is 7. The second kappa shape index (κ2) is 6.72. The van der Waals surface area contributed by atoms with Gasteiger partial charge in [-0.25, -0.2) is 4.98 Å². The molecule has 0 aliphatic heterocycles. The molecule has 100 valence electrons. The van der Waals surface area contributed by atoms with E-state index in [1.165, 1.54) is 19.2 Å². The second-order valence-electron chi connectivity index (χ2n) is 3.54. The molecule has 0 radical (unpaired) electrons. The summed E-state index contributed by atoms with van der Waals surface area (Å²) in [5, 5.41) is 19.9. The molecule has 0 aromatic carbocycles. The second-order valence-corrected chi connectivity index (χ2v) is 3.54. The zero-order valence-corrected chi connectivity index (χ0v) is 10.1. The lowest BCUT2D eigenvalue weighted by molar-refractivity contribution is -0.384. The Kier molecular flexibility index (Phi) is 5.28. The van der Waals surface area contributed by atoms with E-state index in [9.17, 15) is 10.1 Å². The number of ether oxygens (including phenoxy) is 1. The number of hydrogen-bond donors (Lipinski definition) is 2. The van der Waals surface area contributed by atoms with Crippen molar-refractivity contribution in [2.24, 2.45) is 0 Å². The van der Waals surface area contributed by atoms with Gasteiger partial charge in [0, 0.05) is 26.3 Å². The summed E-state index contributed by atoms with van der Waals surface area (Å²) in [5.74, 6) is 0.335. The van der Waals surface area contributed by atoms with Gasteiger partial charge >= 0.3 is 5.69 Å². The summed E-state index contributed by atoms with van der Waals surface area (Å²) >= 11 is 0. The van der Waals surface area contributed by atoms with Crippen LogP contribution in [0.15, 0.2) is 12.1 Å². The highest BCUT2D eigenvalue weighted by atomic mass is 16.6. The number of nitrogens with two attached hydrogens (primary N) is 1. The van der Waals surface area contributed by atoms with Crippen LogP contribution in [0.2, 0.25) is 0 Å². The first-order chi connectivity index (χ1) is 8.60. The van der Waals surface area contributed by atoms with Gasteiger partial charge in [0.25, 0.3) is 0 Å². The van der Waals surface area contributed by atoms with E-state index in [-0.39, 0.29) is 30.5 Å². The standard InChI is InChI=1S/C10H16N4O4/c1-18-7-5-13(4-6-15)10-8(14(16)17)2-3-9(11)12-10/h2-3,15H,4-7H2,1H3,(H2,11,12). The van der Waals surface area contributed by atoms with E-state index in [1.54, 1.807) is 4.90 Å². The van der Waals surface area contributed by atoms with Crippen LogP contribution >= 0.6 is 0 Å². The Bertz CT molecular complexity index is 413. The monoisotopic (exact) mass is 256 g/mol. The van der Waals surface area contributed by atoms with Gasteiger partial charge < -0.3 is 20.5 Å². The molecule has 0 unspecified atom stereocenters. The van der Waals surface area contributed by atoms with E-state index in [4.69, 9.17) is 15.6 Å². The van der Waals surface area contributed by atoms with Gasteiger partial charge in [0.1, 0.15) is 5.82 Å². The zero-order valence-electron chi connectivity index (χ0n) is 10.1. The smallest absolute Gasteiger partial charge is 0.311 e. The molecule has 0 spiro atoms. The summed E-state index contributed by atoms with van der Waals surface area (Å²) in [6, 6.07) is 2.67. The first-order valence-corrected chi connectivity index (χ1v) is 5.35. The maximum Gasteiger partial charge on any atom is 0.311 e. The molecule has 0 saturated heterocycles. The minimum Gasteiger partial charge on any atom is -0.395 e. The van der Waals surface area contributed by atoms with Crippen molar-refractivity contribution in [1.82, 2.24) is 4.98 Å². The average Bonchev–Trinajstić information content (AvgIpc) is 2.34. The molecule has 0 amide bonds. The predicted molar refractivity (Wildman–Crippen MR) is 66.5 cm³/mol. The molecule has 1 heterocycles. The Labute approximate surface area is 104 Å². The molecule has 3 N–H and O–H groups in total. The lowest BCUT2D eigenvalue weighted by Gasteiger charge is -2.22. The molecule has 0 saturated carbocycles. The van der Waals surface area contributed by atoms with Crippen LogP contribution in [0.25, 0.3) is 0 Å². The lowest BCUT2D eigenvalue weighted by Crippen LogP contribution is -2.31. The zero-order chi connectivity index (χ0) is 13.5. The molecule has 0 bridgehead atoms. The summed E-state index contributed by atoms with van der Waals surface area (Å²) in [7, 11) is 1.53. The molecule has 0 fully saturated rings. The van der Waals surface area contributed by atoms with Gasteiger partial charge in [-0.2, -0.15) is 0 Å². The van der Waals surface area contributed by atoms with Crippen LogP contribution in [0.3, 0.4) is 0 Å². The fourth-order valence-electron chi connectivity index (χ4n) is 1.48. The van der Waals surface area contributed by atoms with Gasteiger partial charge in [-0.05, 0) is 6.07 Å². The van der Waals surface area contributed by atoms with E-state index >= 15 is 0 Å². The number of nitrogens with zero attached hydrogens (tertiary/aromatic N) is 3. The molecule has 8 heteroatoms. The van der Waals surface area contributed by atoms with E-state index in [2.05, 4.69) is 4.98 Å². The summed E-state index contributed by atoms with van der Waals surface area (Å²) in [4.78, 5) is 15.9. The van der Waals surface area contributed by atoms with Crippen molar-refractivity contribution in [2.45, 2.75) is 0 Å². The SMILES string of the molecule is COCCN(CCO)c1nc(N)ccc1[N+](=O)[O-]. The van der Waals surface area contributed by atoms with Crippen LogP contribution < -0.4 is 10.6 Å². The van der Waals surface area contributed by atoms with Gasteiger partial charge in [0.15, 0.2) is 0 Å². The predicted octanol–water partition coefficient (Wildman–Crippen LogP) is 0.0171. The topological polar surface area (TPSA) is 115 Å². The molecule has 1 aromatic heterocycles. The van der Waals surface area contributed by atoms with Crippen LogP contribution in [0, 0.1) is 10.1 Å². The van der Waals surface area contributed by atoms with Gasteiger partial charge in [0.2, 0.25) is 5.82 Å².